The summed E-state index contributed by atoms with van der Waals surface area (Å²) in [4.78, 5) is 0. The van der Waals surface area contributed by atoms with Gasteiger partial charge in [-0.05, 0) is 31.0 Å². The second-order valence-corrected chi connectivity index (χ2v) is 5.32. The van der Waals surface area contributed by atoms with Crippen LogP contribution in [0.5, 0.6) is 5.75 Å². The molecule has 108 valence electrons. The van der Waals surface area contributed by atoms with Crippen LogP contribution >= 0.6 is 15.9 Å². The van der Waals surface area contributed by atoms with E-state index < -0.39 is 6.61 Å². The Hall–Kier alpha value is -0.680. The number of alkyl halides is 2. The summed E-state index contributed by atoms with van der Waals surface area (Å²) in [5.41, 5.74) is 0.740. The number of ether oxygens (including phenoxy) is 1. The van der Waals surface area contributed by atoms with Crippen LogP contribution in [0.25, 0.3) is 0 Å². The zero-order valence-electron chi connectivity index (χ0n) is 11.3. The van der Waals surface area contributed by atoms with Gasteiger partial charge in [-0.2, -0.15) is 8.78 Å². The number of nitrogens with one attached hydrogen (secondary N) is 1. The zero-order chi connectivity index (χ0) is 14.3. The molecule has 0 saturated carbocycles. The molecule has 5 heteroatoms. The third kappa shape index (κ3) is 5.87. The van der Waals surface area contributed by atoms with E-state index in [9.17, 15) is 8.78 Å². The van der Waals surface area contributed by atoms with Crippen molar-refractivity contribution < 1.29 is 13.5 Å². The fraction of sp³-hybridized carbons (Fsp3) is 0.571. The number of rotatable bonds is 8. The van der Waals surface area contributed by atoms with Crippen molar-refractivity contribution in [1.29, 1.82) is 0 Å². The van der Waals surface area contributed by atoms with Gasteiger partial charge in [0.05, 0.1) is 0 Å². The van der Waals surface area contributed by atoms with Crippen LogP contribution in [-0.4, -0.2) is 12.7 Å². The van der Waals surface area contributed by atoms with E-state index in [2.05, 4.69) is 39.8 Å². The Kier molecular flexibility index (Phi) is 7.31. The van der Waals surface area contributed by atoms with Crippen LogP contribution < -0.4 is 10.1 Å². The van der Waals surface area contributed by atoms with Gasteiger partial charge in [0, 0.05) is 22.6 Å². The van der Waals surface area contributed by atoms with Gasteiger partial charge in [0.2, 0.25) is 0 Å². The van der Waals surface area contributed by atoms with Crippen molar-refractivity contribution in [2.24, 2.45) is 0 Å². The SMILES string of the molecule is CCCC(CC)NCc1cc(Br)ccc1OC(F)F. The molecule has 19 heavy (non-hydrogen) atoms. The fourth-order valence-corrected chi connectivity index (χ4v) is 2.36. The lowest BCUT2D eigenvalue weighted by molar-refractivity contribution is -0.0505. The minimum absolute atomic E-state index is 0.233. The van der Waals surface area contributed by atoms with E-state index in [4.69, 9.17) is 0 Å². The maximum Gasteiger partial charge on any atom is 0.387 e. The Morgan fingerprint density at radius 3 is 2.63 bits per heavy atom. The Morgan fingerprint density at radius 1 is 1.32 bits per heavy atom. The van der Waals surface area contributed by atoms with Gasteiger partial charge in [0.15, 0.2) is 0 Å². The molecule has 0 heterocycles. The normalized spacial score (nSPS) is 12.7. The van der Waals surface area contributed by atoms with E-state index in [0.717, 1.165) is 29.3 Å². The molecule has 0 aliphatic heterocycles. The summed E-state index contributed by atoms with van der Waals surface area (Å²) in [6, 6.07) is 5.48. The highest BCUT2D eigenvalue weighted by Gasteiger charge is 2.11. The van der Waals surface area contributed by atoms with E-state index in [1.54, 1.807) is 12.1 Å². The van der Waals surface area contributed by atoms with Gasteiger partial charge in [0.25, 0.3) is 0 Å². The van der Waals surface area contributed by atoms with Gasteiger partial charge >= 0.3 is 6.61 Å². The van der Waals surface area contributed by atoms with E-state index in [-0.39, 0.29) is 5.75 Å². The summed E-state index contributed by atoms with van der Waals surface area (Å²) in [5.74, 6) is 0.233. The second kappa shape index (κ2) is 8.48. The van der Waals surface area contributed by atoms with Gasteiger partial charge < -0.3 is 10.1 Å². The number of benzene rings is 1. The van der Waals surface area contributed by atoms with Crippen molar-refractivity contribution in [3.8, 4) is 5.75 Å². The van der Waals surface area contributed by atoms with Crippen LogP contribution in [0.1, 0.15) is 38.7 Å². The monoisotopic (exact) mass is 335 g/mol. The molecule has 0 fully saturated rings. The molecule has 0 spiro atoms. The Bertz CT molecular complexity index is 388. The van der Waals surface area contributed by atoms with E-state index >= 15 is 0 Å². The first-order valence-electron chi connectivity index (χ1n) is 6.53. The molecule has 1 N–H and O–H groups in total. The van der Waals surface area contributed by atoms with Crippen LogP contribution in [0, 0.1) is 0 Å². The predicted molar refractivity (Wildman–Crippen MR) is 76.6 cm³/mol. The summed E-state index contributed by atoms with van der Waals surface area (Å²) in [7, 11) is 0. The van der Waals surface area contributed by atoms with Gasteiger partial charge in [0.1, 0.15) is 5.75 Å². The van der Waals surface area contributed by atoms with E-state index in [0.29, 0.717) is 12.6 Å². The summed E-state index contributed by atoms with van der Waals surface area (Å²) in [6.07, 6.45) is 3.20. The lowest BCUT2D eigenvalue weighted by atomic mass is 10.1. The smallest absolute Gasteiger partial charge is 0.387 e. The molecule has 0 aromatic heterocycles. The summed E-state index contributed by atoms with van der Waals surface area (Å²) in [5, 5.41) is 3.38. The summed E-state index contributed by atoms with van der Waals surface area (Å²) < 4.78 is 30.1. The van der Waals surface area contributed by atoms with Crippen molar-refractivity contribution in [3.63, 3.8) is 0 Å². The maximum absolute atomic E-state index is 12.3. The molecule has 1 atom stereocenters. The number of hydrogen-bond acceptors (Lipinski definition) is 2. The highest BCUT2D eigenvalue weighted by Crippen LogP contribution is 2.25. The third-order valence-electron chi connectivity index (χ3n) is 2.95. The molecular weight excluding hydrogens is 316 g/mol. The van der Waals surface area contributed by atoms with Crippen molar-refractivity contribution in [2.45, 2.75) is 52.3 Å². The lowest BCUT2D eigenvalue weighted by Gasteiger charge is -2.18. The summed E-state index contributed by atoms with van der Waals surface area (Å²) in [6.45, 7) is 1.98. The van der Waals surface area contributed by atoms with Crippen LogP contribution in [0.4, 0.5) is 8.78 Å². The third-order valence-corrected chi connectivity index (χ3v) is 3.44. The molecule has 0 aliphatic rings. The highest BCUT2D eigenvalue weighted by molar-refractivity contribution is 9.10. The first-order valence-corrected chi connectivity index (χ1v) is 7.32. The van der Waals surface area contributed by atoms with Crippen molar-refractivity contribution in [1.82, 2.24) is 5.32 Å². The highest BCUT2D eigenvalue weighted by atomic mass is 79.9. The molecule has 1 aromatic carbocycles. The van der Waals surface area contributed by atoms with Crippen molar-refractivity contribution in [2.75, 3.05) is 0 Å². The standard InChI is InChI=1S/C14H20BrF2NO/c1-3-5-12(4-2)18-9-10-8-11(15)6-7-13(10)19-14(16)17/h6-8,12,14,18H,3-5,9H2,1-2H3. The minimum Gasteiger partial charge on any atom is -0.434 e. The van der Waals surface area contributed by atoms with Gasteiger partial charge in [-0.25, -0.2) is 0 Å². The molecular formula is C14H20BrF2NO. The zero-order valence-corrected chi connectivity index (χ0v) is 12.8. The Balaban J connectivity index is 2.71. The minimum atomic E-state index is -2.79. The molecule has 1 unspecified atom stereocenters. The molecule has 1 aromatic rings. The predicted octanol–water partition coefficient (Wildman–Crippen LogP) is 4.72. The largest absolute Gasteiger partial charge is 0.434 e. The van der Waals surface area contributed by atoms with Gasteiger partial charge in [-0.1, -0.05) is 36.2 Å². The molecule has 0 bridgehead atoms. The topological polar surface area (TPSA) is 21.3 Å². The van der Waals surface area contributed by atoms with Gasteiger partial charge in [-0.3, -0.25) is 0 Å². The molecule has 0 saturated heterocycles. The average molecular weight is 336 g/mol. The molecule has 0 amide bonds. The van der Waals surface area contributed by atoms with Gasteiger partial charge in [-0.15, -0.1) is 0 Å². The number of halogens is 3. The quantitative estimate of drug-likeness (QED) is 0.742. The fourth-order valence-electron chi connectivity index (χ4n) is 1.95. The van der Waals surface area contributed by atoms with E-state index in [1.165, 1.54) is 0 Å². The molecule has 2 nitrogen and oxygen atoms in total. The summed E-state index contributed by atoms with van der Waals surface area (Å²) >= 11 is 3.35. The maximum atomic E-state index is 12.3. The first-order chi connectivity index (χ1) is 9.06. The lowest BCUT2D eigenvalue weighted by Crippen LogP contribution is -2.28. The van der Waals surface area contributed by atoms with Crippen LogP contribution in [0.15, 0.2) is 22.7 Å². The van der Waals surface area contributed by atoms with E-state index in [1.807, 2.05) is 6.07 Å². The van der Waals surface area contributed by atoms with Crippen molar-refractivity contribution >= 4 is 15.9 Å². The molecule has 0 aliphatic carbocycles. The Morgan fingerprint density at radius 2 is 2.05 bits per heavy atom. The first kappa shape index (κ1) is 16.4. The van der Waals surface area contributed by atoms with Crippen LogP contribution in [-0.2, 0) is 6.54 Å². The number of hydrogen-bond donors (Lipinski definition) is 1. The van der Waals surface area contributed by atoms with Crippen molar-refractivity contribution in [3.05, 3.63) is 28.2 Å². The average Bonchev–Trinajstić information content (AvgIpc) is 2.36. The van der Waals surface area contributed by atoms with Crippen LogP contribution in [0.2, 0.25) is 0 Å². The Labute approximate surface area is 121 Å². The second-order valence-electron chi connectivity index (χ2n) is 4.41. The molecule has 1 rings (SSSR count). The van der Waals surface area contributed by atoms with Crippen LogP contribution in [0.3, 0.4) is 0 Å². The molecule has 0 radical (unpaired) electrons.